The summed E-state index contributed by atoms with van der Waals surface area (Å²) in [6.07, 6.45) is 0. The van der Waals surface area contributed by atoms with Crippen LogP contribution in [0, 0.1) is 23.7 Å². The number of piperidine rings is 1. The Morgan fingerprint density at radius 1 is 1.08 bits per heavy atom. The van der Waals surface area contributed by atoms with Crippen LogP contribution in [-0.2, 0) is 0 Å². The van der Waals surface area contributed by atoms with Crippen molar-refractivity contribution in [2.24, 2.45) is 23.7 Å². The van der Waals surface area contributed by atoms with E-state index in [1.807, 2.05) is 13.8 Å². The molecule has 1 N–H and O–H groups in total. The molecule has 0 spiro atoms. The minimum Gasteiger partial charge on any atom is -0.316 e. The van der Waals surface area contributed by atoms with Gasteiger partial charge in [0.2, 0.25) is 0 Å². The van der Waals surface area contributed by atoms with Crippen molar-refractivity contribution in [1.29, 1.82) is 0 Å². The molecule has 1 nitrogen and oxygen atoms in total. The van der Waals surface area contributed by atoms with Gasteiger partial charge in [0.05, 0.1) is 0 Å². The highest BCUT2D eigenvalue weighted by Crippen LogP contribution is 2.28. The summed E-state index contributed by atoms with van der Waals surface area (Å²) in [7, 11) is 0. The van der Waals surface area contributed by atoms with E-state index in [1.54, 1.807) is 0 Å². The predicted octanol–water partition coefficient (Wildman–Crippen LogP) is 3.16. The monoisotopic (exact) mass is 185 g/mol. The Kier molecular flexibility index (Phi) is 6.40. The smallest absolute Gasteiger partial charge is 0.00153 e. The Morgan fingerprint density at radius 2 is 1.62 bits per heavy atom. The maximum absolute atomic E-state index is 3.50. The summed E-state index contributed by atoms with van der Waals surface area (Å²) in [6, 6.07) is 0. The van der Waals surface area contributed by atoms with Crippen LogP contribution >= 0.6 is 0 Å². The van der Waals surface area contributed by atoms with Gasteiger partial charge in [-0.15, -0.1) is 0 Å². The maximum Gasteiger partial charge on any atom is -0.00153 e. The second-order valence-corrected chi connectivity index (χ2v) is 4.40. The second kappa shape index (κ2) is 6.42. The lowest BCUT2D eigenvalue weighted by Gasteiger charge is -2.37. The first-order valence-corrected chi connectivity index (χ1v) is 5.83. The molecule has 0 bridgehead atoms. The minimum atomic E-state index is 0.834. The minimum absolute atomic E-state index is 0.834. The molecule has 1 aliphatic heterocycles. The molecular formula is C12H27N. The fourth-order valence-electron chi connectivity index (χ4n) is 2.11. The Balaban J connectivity index is 0.000000671. The number of rotatable bonds is 1. The number of hydrogen-bond acceptors (Lipinski definition) is 1. The normalized spacial score (nSPS) is 33.9. The van der Waals surface area contributed by atoms with Crippen LogP contribution in [0.5, 0.6) is 0 Å². The van der Waals surface area contributed by atoms with Gasteiger partial charge < -0.3 is 5.32 Å². The van der Waals surface area contributed by atoms with Gasteiger partial charge in [-0.25, -0.2) is 0 Å². The van der Waals surface area contributed by atoms with E-state index in [9.17, 15) is 0 Å². The Morgan fingerprint density at radius 3 is 2.00 bits per heavy atom. The van der Waals surface area contributed by atoms with Gasteiger partial charge in [0, 0.05) is 0 Å². The van der Waals surface area contributed by atoms with Gasteiger partial charge in [0.25, 0.3) is 0 Å². The van der Waals surface area contributed by atoms with Gasteiger partial charge in [-0.3, -0.25) is 0 Å². The summed E-state index contributed by atoms with van der Waals surface area (Å²) < 4.78 is 0. The summed E-state index contributed by atoms with van der Waals surface area (Å²) in [6.45, 7) is 15.9. The van der Waals surface area contributed by atoms with E-state index in [2.05, 4.69) is 33.0 Å². The topological polar surface area (TPSA) is 12.0 Å². The molecule has 1 aliphatic rings. The van der Waals surface area contributed by atoms with Crippen LogP contribution in [0.3, 0.4) is 0 Å². The molecular weight excluding hydrogens is 158 g/mol. The van der Waals surface area contributed by atoms with E-state index in [0.29, 0.717) is 0 Å². The molecule has 1 fully saturated rings. The zero-order valence-electron chi connectivity index (χ0n) is 10.2. The Bertz CT molecular complexity index is 120. The lowest BCUT2D eigenvalue weighted by molar-refractivity contribution is 0.156. The zero-order valence-corrected chi connectivity index (χ0v) is 10.2. The third-order valence-corrected chi connectivity index (χ3v) is 3.28. The van der Waals surface area contributed by atoms with E-state index >= 15 is 0 Å². The van der Waals surface area contributed by atoms with Crippen molar-refractivity contribution in [3.63, 3.8) is 0 Å². The van der Waals surface area contributed by atoms with E-state index < -0.39 is 0 Å². The summed E-state index contributed by atoms with van der Waals surface area (Å²) in [5, 5.41) is 3.50. The quantitative estimate of drug-likeness (QED) is 0.661. The summed E-state index contributed by atoms with van der Waals surface area (Å²) in [4.78, 5) is 0. The lowest BCUT2D eigenvalue weighted by atomic mass is 9.75. The van der Waals surface area contributed by atoms with Crippen LogP contribution in [0.4, 0.5) is 0 Å². The van der Waals surface area contributed by atoms with Gasteiger partial charge in [0.1, 0.15) is 0 Å². The van der Waals surface area contributed by atoms with Crippen LogP contribution in [0.25, 0.3) is 0 Å². The molecule has 3 atom stereocenters. The molecule has 1 heteroatoms. The first-order chi connectivity index (χ1) is 6.13. The molecule has 0 radical (unpaired) electrons. The molecule has 0 aromatic carbocycles. The van der Waals surface area contributed by atoms with Crippen molar-refractivity contribution < 1.29 is 0 Å². The summed E-state index contributed by atoms with van der Waals surface area (Å²) in [5.41, 5.74) is 0. The van der Waals surface area contributed by atoms with Crippen LogP contribution < -0.4 is 5.32 Å². The van der Waals surface area contributed by atoms with E-state index in [1.165, 1.54) is 13.1 Å². The van der Waals surface area contributed by atoms with Gasteiger partial charge in [-0.05, 0) is 36.8 Å². The van der Waals surface area contributed by atoms with Crippen LogP contribution in [0.2, 0.25) is 0 Å². The highest BCUT2D eigenvalue weighted by molar-refractivity contribution is 4.81. The molecule has 0 amide bonds. The van der Waals surface area contributed by atoms with Crippen LogP contribution in [0.15, 0.2) is 0 Å². The van der Waals surface area contributed by atoms with Crippen LogP contribution in [0.1, 0.15) is 41.5 Å². The Labute approximate surface area is 84.3 Å². The fraction of sp³-hybridized carbons (Fsp3) is 1.00. The van der Waals surface area contributed by atoms with Crippen molar-refractivity contribution in [2.75, 3.05) is 13.1 Å². The van der Waals surface area contributed by atoms with Crippen molar-refractivity contribution in [3.05, 3.63) is 0 Å². The molecule has 1 heterocycles. The standard InChI is InChI=1S/C10H21N.C2H6/c1-7(2)10-6-11-5-8(3)9(10)4;1-2/h7-11H,5-6H2,1-4H3;1-2H3. The average Bonchev–Trinajstić information content (AvgIpc) is 2.13. The molecule has 0 aliphatic carbocycles. The van der Waals surface area contributed by atoms with Crippen molar-refractivity contribution >= 4 is 0 Å². The van der Waals surface area contributed by atoms with Gasteiger partial charge in [0.15, 0.2) is 0 Å². The van der Waals surface area contributed by atoms with Crippen molar-refractivity contribution in [1.82, 2.24) is 5.32 Å². The van der Waals surface area contributed by atoms with E-state index in [0.717, 1.165) is 23.7 Å². The third kappa shape index (κ3) is 3.68. The molecule has 1 saturated heterocycles. The largest absolute Gasteiger partial charge is 0.316 e. The summed E-state index contributed by atoms with van der Waals surface area (Å²) >= 11 is 0. The first kappa shape index (κ1) is 13.0. The molecule has 3 unspecified atom stereocenters. The van der Waals surface area contributed by atoms with Crippen molar-refractivity contribution in [2.45, 2.75) is 41.5 Å². The third-order valence-electron chi connectivity index (χ3n) is 3.28. The SMILES string of the molecule is CC.CC(C)C1CNCC(C)C1C. The Hall–Kier alpha value is -0.0400. The predicted molar refractivity (Wildman–Crippen MR) is 60.9 cm³/mol. The molecule has 0 aromatic heterocycles. The second-order valence-electron chi connectivity index (χ2n) is 4.40. The molecule has 80 valence electrons. The van der Waals surface area contributed by atoms with Gasteiger partial charge in [-0.1, -0.05) is 41.5 Å². The van der Waals surface area contributed by atoms with Gasteiger partial charge >= 0.3 is 0 Å². The molecule has 13 heavy (non-hydrogen) atoms. The van der Waals surface area contributed by atoms with Crippen LogP contribution in [-0.4, -0.2) is 13.1 Å². The molecule has 0 saturated carbocycles. The van der Waals surface area contributed by atoms with E-state index in [-0.39, 0.29) is 0 Å². The number of hydrogen-bond donors (Lipinski definition) is 1. The van der Waals surface area contributed by atoms with E-state index in [4.69, 9.17) is 0 Å². The first-order valence-electron chi connectivity index (χ1n) is 5.83. The molecule has 1 rings (SSSR count). The van der Waals surface area contributed by atoms with Crippen molar-refractivity contribution in [3.8, 4) is 0 Å². The molecule has 0 aromatic rings. The highest BCUT2D eigenvalue weighted by atomic mass is 14.9. The summed E-state index contributed by atoms with van der Waals surface area (Å²) in [5.74, 6) is 3.48. The maximum atomic E-state index is 3.50. The fourth-order valence-corrected chi connectivity index (χ4v) is 2.11. The van der Waals surface area contributed by atoms with Gasteiger partial charge in [-0.2, -0.15) is 0 Å². The highest BCUT2D eigenvalue weighted by Gasteiger charge is 2.28. The average molecular weight is 185 g/mol. The lowest BCUT2D eigenvalue weighted by Crippen LogP contribution is -2.43. The zero-order chi connectivity index (χ0) is 10.4. The number of nitrogens with one attached hydrogen (secondary N) is 1.